The Hall–Kier alpha value is -1.80. The summed E-state index contributed by atoms with van der Waals surface area (Å²) in [4.78, 5) is 28.6. The summed E-state index contributed by atoms with van der Waals surface area (Å²) in [7, 11) is 4.72. The van der Waals surface area contributed by atoms with Crippen LogP contribution >= 0.6 is 23.2 Å². The largest absolute Gasteiger partial charge is 0.332 e. The minimum Gasteiger partial charge on any atom is -0.320 e. The fourth-order valence-electron chi connectivity index (χ4n) is 2.21. The van der Waals surface area contributed by atoms with Crippen molar-refractivity contribution in [2.24, 2.45) is 26.2 Å². The van der Waals surface area contributed by atoms with E-state index in [1.54, 1.807) is 23.7 Å². The lowest BCUT2D eigenvalue weighted by Crippen LogP contribution is -2.37. The van der Waals surface area contributed by atoms with Crippen LogP contribution in [0.1, 0.15) is 5.82 Å². The van der Waals surface area contributed by atoms with Gasteiger partial charge in [0.15, 0.2) is 17.0 Å². The van der Waals surface area contributed by atoms with E-state index >= 15 is 0 Å². The summed E-state index contributed by atoms with van der Waals surface area (Å²) >= 11 is 11.4. The minimum absolute atomic E-state index is 0.322. The second-order valence-electron chi connectivity index (χ2n) is 4.98. The first-order chi connectivity index (χ1) is 10.9. The number of hydrogen-bond donors (Lipinski definition) is 0. The van der Waals surface area contributed by atoms with E-state index in [1.807, 2.05) is 0 Å². The lowest BCUT2D eigenvalue weighted by atomic mass is 10.5. The summed E-state index contributed by atoms with van der Waals surface area (Å²) in [6.45, 7) is 1.10. The number of alkyl halides is 2. The van der Waals surface area contributed by atoms with Gasteiger partial charge < -0.3 is 4.57 Å². The van der Waals surface area contributed by atoms with Gasteiger partial charge in [-0.25, -0.2) is 9.78 Å². The molecule has 0 spiro atoms. The number of hydrazone groups is 1. The third-order valence-corrected chi connectivity index (χ3v) is 3.87. The molecule has 0 aliphatic carbocycles. The lowest BCUT2D eigenvalue weighted by molar-refractivity contribution is 0.327. The van der Waals surface area contributed by atoms with Crippen molar-refractivity contribution in [3.05, 3.63) is 26.7 Å². The molecule has 10 heteroatoms. The van der Waals surface area contributed by atoms with Crippen molar-refractivity contribution in [1.29, 1.82) is 0 Å². The smallest absolute Gasteiger partial charge is 0.320 e. The van der Waals surface area contributed by atoms with Gasteiger partial charge in [-0.05, 0) is 0 Å². The molecule has 0 atom stereocenters. The van der Waals surface area contributed by atoms with Crippen molar-refractivity contribution in [3.63, 3.8) is 0 Å². The molecule has 0 aliphatic heterocycles. The standard InChI is InChI=1S/C13H18Cl2N6O2/c1-18-9(8-16-21(6-4-14)7-5-15)17-11-10(18)12(22)20(3)13(23)19(11)2/h8H,4-7H2,1-3H3/b16-8-. The Kier molecular flexibility index (Phi) is 5.48. The van der Waals surface area contributed by atoms with Crippen molar-refractivity contribution >= 4 is 40.6 Å². The topological polar surface area (TPSA) is 77.4 Å². The molecule has 0 bridgehead atoms. The minimum atomic E-state index is -0.421. The van der Waals surface area contributed by atoms with E-state index in [2.05, 4.69) is 10.1 Å². The zero-order valence-electron chi connectivity index (χ0n) is 13.2. The Morgan fingerprint density at radius 3 is 2.26 bits per heavy atom. The zero-order chi connectivity index (χ0) is 17.1. The molecule has 2 rings (SSSR count). The van der Waals surface area contributed by atoms with Gasteiger partial charge in [-0.15, -0.1) is 23.2 Å². The van der Waals surface area contributed by atoms with Crippen LogP contribution in [-0.4, -0.2) is 54.8 Å². The van der Waals surface area contributed by atoms with Gasteiger partial charge in [0.1, 0.15) is 0 Å². The molecular weight excluding hydrogens is 343 g/mol. The van der Waals surface area contributed by atoms with Gasteiger partial charge in [0.2, 0.25) is 0 Å². The van der Waals surface area contributed by atoms with Crippen molar-refractivity contribution in [1.82, 2.24) is 23.7 Å². The number of hydrogen-bond acceptors (Lipinski definition) is 5. The molecule has 8 nitrogen and oxygen atoms in total. The van der Waals surface area contributed by atoms with Crippen molar-refractivity contribution in [2.75, 3.05) is 24.8 Å². The molecule has 2 heterocycles. The van der Waals surface area contributed by atoms with E-state index in [1.165, 1.54) is 17.8 Å². The zero-order valence-corrected chi connectivity index (χ0v) is 14.7. The number of nitrogens with zero attached hydrogens (tertiary/aromatic N) is 6. The van der Waals surface area contributed by atoms with E-state index in [0.717, 1.165) is 4.57 Å². The molecule has 126 valence electrons. The van der Waals surface area contributed by atoms with E-state index in [-0.39, 0.29) is 0 Å². The number of halogens is 2. The van der Waals surface area contributed by atoms with Gasteiger partial charge in [-0.3, -0.25) is 18.9 Å². The number of imidazole rings is 1. The Balaban J connectivity index is 2.53. The second kappa shape index (κ2) is 7.18. The average molecular weight is 361 g/mol. The number of aryl methyl sites for hydroxylation is 2. The quantitative estimate of drug-likeness (QED) is 0.415. The molecule has 0 aromatic carbocycles. The maximum Gasteiger partial charge on any atom is 0.332 e. The molecule has 2 aromatic rings. The van der Waals surface area contributed by atoms with E-state index < -0.39 is 11.2 Å². The molecule has 2 aromatic heterocycles. The Morgan fingerprint density at radius 2 is 1.70 bits per heavy atom. The monoisotopic (exact) mass is 360 g/mol. The Morgan fingerprint density at radius 1 is 1.09 bits per heavy atom. The Bertz CT molecular complexity index is 845. The summed E-state index contributed by atoms with van der Waals surface area (Å²) < 4.78 is 4.00. The van der Waals surface area contributed by atoms with Crippen LogP contribution in [0.3, 0.4) is 0 Å². The fraction of sp³-hybridized carbons (Fsp3) is 0.538. The average Bonchev–Trinajstić information content (AvgIpc) is 2.86. The van der Waals surface area contributed by atoms with Gasteiger partial charge in [0.05, 0.1) is 6.21 Å². The lowest BCUT2D eigenvalue weighted by Gasteiger charge is -2.15. The summed E-state index contributed by atoms with van der Waals surface area (Å²) in [6.07, 6.45) is 1.53. The highest BCUT2D eigenvalue weighted by atomic mass is 35.5. The van der Waals surface area contributed by atoms with Crippen LogP contribution in [0.25, 0.3) is 11.2 Å². The molecular formula is C13H18Cl2N6O2. The molecule has 0 aliphatic rings. The second-order valence-corrected chi connectivity index (χ2v) is 5.74. The molecule has 0 amide bonds. The molecule has 0 saturated carbocycles. The molecule has 0 radical (unpaired) electrons. The van der Waals surface area contributed by atoms with E-state index in [4.69, 9.17) is 23.2 Å². The predicted molar refractivity (Wildman–Crippen MR) is 91.8 cm³/mol. The highest BCUT2D eigenvalue weighted by Gasteiger charge is 2.16. The Labute approximate surface area is 142 Å². The van der Waals surface area contributed by atoms with Crippen molar-refractivity contribution in [2.45, 2.75) is 0 Å². The number of aromatic nitrogens is 4. The SMILES string of the molecule is Cn1c(=O)c2c(nc(/C=N\N(CCCl)CCCl)n2C)n(C)c1=O. The van der Waals surface area contributed by atoms with E-state index in [9.17, 15) is 9.59 Å². The molecule has 0 unspecified atom stereocenters. The maximum absolute atomic E-state index is 12.3. The van der Waals surface area contributed by atoms with Crippen LogP contribution in [0.2, 0.25) is 0 Å². The summed E-state index contributed by atoms with van der Waals surface area (Å²) in [5.74, 6) is 1.31. The highest BCUT2D eigenvalue weighted by molar-refractivity contribution is 6.18. The number of rotatable bonds is 6. The van der Waals surface area contributed by atoms with Crippen LogP contribution in [0.5, 0.6) is 0 Å². The van der Waals surface area contributed by atoms with Gasteiger partial charge in [-0.1, -0.05) is 0 Å². The summed E-state index contributed by atoms with van der Waals surface area (Å²) in [5.41, 5.74) is -0.147. The molecule has 0 N–H and O–H groups in total. The van der Waals surface area contributed by atoms with Gasteiger partial charge in [0, 0.05) is 46.0 Å². The van der Waals surface area contributed by atoms with Gasteiger partial charge in [-0.2, -0.15) is 5.10 Å². The summed E-state index contributed by atoms with van der Waals surface area (Å²) in [6, 6.07) is 0. The first-order valence-electron chi connectivity index (χ1n) is 6.95. The summed E-state index contributed by atoms with van der Waals surface area (Å²) in [5, 5.41) is 6.01. The molecule has 0 fully saturated rings. The van der Waals surface area contributed by atoms with Crippen LogP contribution in [0, 0.1) is 0 Å². The normalized spacial score (nSPS) is 11.7. The third kappa shape index (κ3) is 3.28. The highest BCUT2D eigenvalue weighted by Crippen LogP contribution is 2.07. The van der Waals surface area contributed by atoms with Crippen molar-refractivity contribution < 1.29 is 0 Å². The number of fused-ring (bicyclic) bond motifs is 1. The first kappa shape index (κ1) is 17.6. The van der Waals surface area contributed by atoms with Crippen LogP contribution in [0.15, 0.2) is 14.7 Å². The molecule has 0 saturated heterocycles. The maximum atomic E-state index is 12.3. The van der Waals surface area contributed by atoms with Crippen LogP contribution in [0.4, 0.5) is 0 Å². The molecule has 23 heavy (non-hydrogen) atoms. The van der Waals surface area contributed by atoms with E-state index in [0.29, 0.717) is 41.8 Å². The van der Waals surface area contributed by atoms with Crippen molar-refractivity contribution in [3.8, 4) is 0 Å². The third-order valence-electron chi connectivity index (χ3n) is 3.53. The first-order valence-corrected chi connectivity index (χ1v) is 8.02. The van der Waals surface area contributed by atoms with Gasteiger partial charge in [0.25, 0.3) is 5.56 Å². The predicted octanol–water partition coefficient (Wildman–Crippen LogP) is 0.0842. The fourth-order valence-corrected chi connectivity index (χ4v) is 2.60. The van der Waals surface area contributed by atoms with Gasteiger partial charge >= 0.3 is 5.69 Å². The van der Waals surface area contributed by atoms with Crippen LogP contribution < -0.4 is 11.2 Å². The van der Waals surface area contributed by atoms with Crippen LogP contribution in [-0.2, 0) is 21.1 Å².